The number of carbonyl (C=O) groups excluding carboxylic acids is 2. The molecule has 7 heteroatoms. The Morgan fingerprint density at radius 2 is 1.50 bits per heavy atom. The highest BCUT2D eigenvalue weighted by atomic mass is 32.2. The molecule has 0 aliphatic heterocycles. The zero-order valence-corrected chi connectivity index (χ0v) is 18.3. The highest BCUT2D eigenvalue weighted by molar-refractivity contribution is 7.99. The maximum atomic E-state index is 12.3. The number of aromatic nitrogens is 2. The maximum absolute atomic E-state index is 12.3. The third-order valence-electron chi connectivity index (χ3n) is 4.97. The lowest BCUT2D eigenvalue weighted by molar-refractivity contribution is -0.117. The third kappa shape index (κ3) is 5.76. The molecule has 0 saturated heterocycles. The van der Waals surface area contributed by atoms with E-state index in [9.17, 15) is 9.59 Å². The van der Waals surface area contributed by atoms with E-state index >= 15 is 0 Å². The minimum absolute atomic E-state index is 0.105. The van der Waals surface area contributed by atoms with Gasteiger partial charge >= 0.3 is 6.03 Å². The van der Waals surface area contributed by atoms with Crippen LogP contribution in [0, 0.1) is 0 Å². The molecule has 0 radical (unpaired) electrons. The molecule has 0 atom stereocenters. The zero-order valence-electron chi connectivity index (χ0n) is 17.5. The van der Waals surface area contributed by atoms with Crippen molar-refractivity contribution in [3.05, 3.63) is 96.1 Å². The summed E-state index contributed by atoms with van der Waals surface area (Å²) in [6.07, 6.45) is 0.864. The van der Waals surface area contributed by atoms with E-state index in [1.807, 2.05) is 72.8 Å². The van der Waals surface area contributed by atoms with Crippen LogP contribution in [0.2, 0.25) is 0 Å². The number of imide groups is 1. The van der Waals surface area contributed by atoms with Crippen LogP contribution < -0.4 is 10.6 Å². The Labute approximate surface area is 191 Å². The Morgan fingerprint density at radius 3 is 2.25 bits per heavy atom. The van der Waals surface area contributed by atoms with E-state index in [1.165, 1.54) is 17.3 Å². The molecule has 3 aromatic carbocycles. The molecule has 0 spiro atoms. The molecule has 2 N–H and O–H groups in total. The van der Waals surface area contributed by atoms with E-state index in [-0.39, 0.29) is 11.7 Å². The largest absolute Gasteiger partial charge is 0.334 e. The van der Waals surface area contributed by atoms with E-state index in [1.54, 1.807) is 0 Å². The number of fused-ring (bicyclic) bond motifs is 1. The Kier molecular flexibility index (Phi) is 7.19. The fourth-order valence-corrected chi connectivity index (χ4v) is 4.22. The third-order valence-corrected chi connectivity index (χ3v) is 5.94. The van der Waals surface area contributed by atoms with Crippen LogP contribution in [-0.2, 0) is 24.3 Å². The predicted octanol–water partition coefficient (Wildman–Crippen LogP) is 4.40. The molecule has 0 saturated carbocycles. The van der Waals surface area contributed by atoms with Gasteiger partial charge in [0, 0.05) is 13.1 Å². The van der Waals surface area contributed by atoms with Gasteiger partial charge in [0.2, 0.25) is 5.91 Å². The Hall–Kier alpha value is -3.58. The monoisotopic (exact) mass is 444 g/mol. The molecule has 6 nitrogen and oxygen atoms in total. The first-order valence-electron chi connectivity index (χ1n) is 10.4. The second-order valence-corrected chi connectivity index (χ2v) is 8.22. The van der Waals surface area contributed by atoms with Crippen molar-refractivity contribution in [3.8, 4) is 0 Å². The molecule has 0 aliphatic carbocycles. The van der Waals surface area contributed by atoms with Crippen LogP contribution in [0.1, 0.15) is 11.1 Å². The number of nitrogens with one attached hydrogen (secondary N) is 2. The summed E-state index contributed by atoms with van der Waals surface area (Å²) in [5, 5.41) is 5.85. The van der Waals surface area contributed by atoms with Gasteiger partial charge in [-0.1, -0.05) is 84.6 Å². The number of rotatable bonds is 8. The van der Waals surface area contributed by atoms with E-state index in [0.29, 0.717) is 6.54 Å². The average Bonchev–Trinajstić information content (AvgIpc) is 3.19. The molecular weight excluding hydrogens is 420 g/mol. The lowest BCUT2D eigenvalue weighted by Gasteiger charge is -2.10. The summed E-state index contributed by atoms with van der Waals surface area (Å²) in [7, 11) is 0. The Bertz CT molecular complexity index is 1190. The summed E-state index contributed by atoms with van der Waals surface area (Å²) in [6.45, 7) is 1.12. The lowest BCUT2D eigenvalue weighted by Crippen LogP contribution is -2.40. The van der Waals surface area contributed by atoms with E-state index < -0.39 is 6.03 Å². The number of aryl methyl sites for hydroxylation is 2. The molecular formula is C25H24N4O2S. The number of amides is 3. The number of thioether (sulfide) groups is 1. The standard InChI is InChI=1S/C25H24N4O2S/c30-23(28-24(31)26-17-20-11-5-2-6-12-20)18-32-25-27-21-13-7-8-14-22(21)29(25)16-15-19-9-3-1-4-10-19/h1-14H,15-18H2,(H2,26,28,30,31). The van der Waals surface area contributed by atoms with Crippen LogP contribution in [0.3, 0.4) is 0 Å². The fourth-order valence-electron chi connectivity index (χ4n) is 3.38. The van der Waals surface area contributed by atoms with Gasteiger partial charge in [-0.05, 0) is 29.7 Å². The predicted molar refractivity (Wildman–Crippen MR) is 127 cm³/mol. The molecule has 162 valence electrons. The van der Waals surface area contributed by atoms with Gasteiger partial charge in [-0.25, -0.2) is 9.78 Å². The molecule has 0 aliphatic rings. The number of hydrogen-bond donors (Lipinski definition) is 2. The van der Waals surface area contributed by atoms with Crippen molar-refractivity contribution in [1.29, 1.82) is 0 Å². The van der Waals surface area contributed by atoms with Crippen molar-refractivity contribution in [2.75, 3.05) is 5.75 Å². The first-order valence-corrected chi connectivity index (χ1v) is 11.4. The van der Waals surface area contributed by atoms with Gasteiger partial charge < -0.3 is 9.88 Å². The quantitative estimate of drug-likeness (QED) is 0.395. The summed E-state index contributed by atoms with van der Waals surface area (Å²) >= 11 is 1.33. The van der Waals surface area contributed by atoms with E-state index in [4.69, 9.17) is 4.98 Å². The van der Waals surface area contributed by atoms with Crippen molar-refractivity contribution < 1.29 is 9.59 Å². The highest BCUT2D eigenvalue weighted by Gasteiger charge is 2.14. The smallest absolute Gasteiger partial charge is 0.321 e. The number of para-hydroxylation sites is 2. The number of nitrogens with zero attached hydrogens (tertiary/aromatic N) is 2. The van der Waals surface area contributed by atoms with Gasteiger partial charge in [0.25, 0.3) is 0 Å². The summed E-state index contributed by atoms with van der Waals surface area (Å²) in [5.41, 5.74) is 4.14. The lowest BCUT2D eigenvalue weighted by atomic mass is 10.1. The number of benzene rings is 3. The first-order chi connectivity index (χ1) is 15.7. The summed E-state index contributed by atoms with van der Waals surface area (Å²) in [5.74, 6) is -0.254. The highest BCUT2D eigenvalue weighted by Crippen LogP contribution is 2.24. The second kappa shape index (κ2) is 10.6. The molecule has 1 aromatic heterocycles. The van der Waals surface area contributed by atoms with E-state index in [2.05, 4.69) is 27.3 Å². The zero-order chi connectivity index (χ0) is 22.2. The van der Waals surface area contributed by atoms with Crippen LogP contribution in [0.4, 0.5) is 4.79 Å². The van der Waals surface area contributed by atoms with Crippen molar-refractivity contribution in [2.24, 2.45) is 0 Å². The molecule has 0 bridgehead atoms. The maximum Gasteiger partial charge on any atom is 0.321 e. The first kappa shape index (κ1) is 21.6. The van der Waals surface area contributed by atoms with Gasteiger partial charge in [-0.15, -0.1) is 0 Å². The number of urea groups is 1. The minimum Gasteiger partial charge on any atom is -0.334 e. The minimum atomic E-state index is -0.503. The van der Waals surface area contributed by atoms with Crippen molar-refractivity contribution in [2.45, 2.75) is 24.7 Å². The topological polar surface area (TPSA) is 76.0 Å². The molecule has 0 fully saturated rings. The SMILES string of the molecule is O=C(CSc1nc2ccccc2n1CCc1ccccc1)NC(=O)NCc1ccccc1. The van der Waals surface area contributed by atoms with Crippen LogP contribution in [0.15, 0.2) is 90.1 Å². The molecule has 32 heavy (non-hydrogen) atoms. The molecule has 0 unspecified atom stereocenters. The fraction of sp³-hybridized carbons (Fsp3) is 0.160. The normalized spacial score (nSPS) is 10.8. The number of hydrogen-bond acceptors (Lipinski definition) is 4. The van der Waals surface area contributed by atoms with Crippen LogP contribution in [-0.4, -0.2) is 27.2 Å². The molecule has 4 rings (SSSR count). The van der Waals surface area contributed by atoms with Gasteiger partial charge in [0.1, 0.15) is 0 Å². The number of imidazole rings is 1. The summed E-state index contributed by atoms with van der Waals surface area (Å²) in [4.78, 5) is 29.0. The Morgan fingerprint density at radius 1 is 0.844 bits per heavy atom. The van der Waals surface area contributed by atoms with Crippen molar-refractivity contribution in [3.63, 3.8) is 0 Å². The van der Waals surface area contributed by atoms with Crippen LogP contribution >= 0.6 is 11.8 Å². The van der Waals surface area contributed by atoms with Crippen LogP contribution in [0.5, 0.6) is 0 Å². The van der Waals surface area contributed by atoms with Crippen molar-refractivity contribution >= 4 is 34.7 Å². The van der Waals surface area contributed by atoms with Gasteiger partial charge in [-0.2, -0.15) is 0 Å². The summed E-state index contributed by atoms with van der Waals surface area (Å²) < 4.78 is 2.13. The summed E-state index contributed by atoms with van der Waals surface area (Å²) in [6, 6.07) is 27.3. The molecule has 3 amide bonds. The molecule has 4 aromatic rings. The van der Waals surface area contributed by atoms with Gasteiger partial charge in [-0.3, -0.25) is 10.1 Å². The van der Waals surface area contributed by atoms with Gasteiger partial charge in [0.05, 0.1) is 16.8 Å². The van der Waals surface area contributed by atoms with Crippen LogP contribution in [0.25, 0.3) is 11.0 Å². The Balaban J connectivity index is 1.35. The average molecular weight is 445 g/mol. The second-order valence-electron chi connectivity index (χ2n) is 7.28. The molecule has 1 heterocycles. The van der Waals surface area contributed by atoms with Crippen molar-refractivity contribution in [1.82, 2.24) is 20.2 Å². The van der Waals surface area contributed by atoms with Gasteiger partial charge in [0.15, 0.2) is 5.16 Å². The van der Waals surface area contributed by atoms with E-state index in [0.717, 1.165) is 34.7 Å². The number of carbonyl (C=O) groups is 2.